The average molecular weight is 239 g/mol. The second-order valence-electron chi connectivity index (χ2n) is 4.49. The second-order valence-corrected chi connectivity index (χ2v) is 4.49. The van der Waals surface area contributed by atoms with Gasteiger partial charge in [0.05, 0.1) is 17.7 Å². The van der Waals surface area contributed by atoms with Crippen LogP contribution in [-0.2, 0) is 0 Å². The molecule has 2 rings (SSSR count). The quantitative estimate of drug-likeness (QED) is 0.863. The van der Waals surface area contributed by atoms with E-state index in [4.69, 9.17) is 11.0 Å². The van der Waals surface area contributed by atoms with E-state index in [1.165, 1.54) is 5.56 Å². The first kappa shape index (κ1) is 12.3. The molecule has 1 saturated heterocycles. The standard InChI is InChI=1S/C15H17N3/c1-3-18-14(10-17)6-7-15(18)12-4-5-13(9-16)11(2)8-12/h3-5,8,10,15H,1,6-7,17H2,2H3/b14-10-. The van der Waals surface area contributed by atoms with Crippen LogP contribution < -0.4 is 5.73 Å². The number of hydrogen-bond donors (Lipinski definition) is 1. The molecule has 2 N–H and O–H groups in total. The highest BCUT2D eigenvalue weighted by Crippen LogP contribution is 2.38. The molecule has 18 heavy (non-hydrogen) atoms. The van der Waals surface area contributed by atoms with Crippen molar-refractivity contribution in [2.45, 2.75) is 25.8 Å². The third-order valence-electron chi connectivity index (χ3n) is 3.49. The first-order chi connectivity index (χ1) is 8.71. The Labute approximate surface area is 108 Å². The predicted molar refractivity (Wildman–Crippen MR) is 72.2 cm³/mol. The summed E-state index contributed by atoms with van der Waals surface area (Å²) in [6.45, 7) is 5.82. The zero-order valence-corrected chi connectivity index (χ0v) is 10.6. The smallest absolute Gasteiger partial charge is 0.0994 e. The largest absolute Gasteiger partial charge is 0.403 e. The van der Waals surface area contributed by atoms with E-state index >= 15 is 0 Å². The summed E-state index contributed by atoms with van der Waals surface area (Å²) in [5.74, 6) is 0. The molecule has 1 aliphatic rings. The summed E-state index contributed by atoms with van der Waals surface area (Å²) in [4.78, 5) is 2.11. The monoisotopic (exact) mass is 239 g/mol. The normalized spacial score (nSPS) is 21.0. The molecule has 1 heterocycles. The Hall–Kier alpha value is -2.21. The Bertz CT molecular complexity index is 537. The third kappa shape index (κ3) is 1.98. The maximum absolute atomic E-state index is 8.95. The zero-order chi connectivity index (χ0) is 13.1. The van der Waals surface area contributed by atoms with Gasteiger partial charge in [-0.05, 0) is 43.2 Å². The van der Waals surface area contributed by atoms with Crippen LogP contribution in [0, 0.1) is 18.3 Å². The molecule has 0 bridgehead atoms. The highest BCUT2D eigenvalue weighted by atomic mass is 15.2. The molecule has 1 aromatic rings. The number of rotatable bonds is 2. The number of likely N-dealkylation sites (tertiary alicyclic amines) is 1. The Morgan fingerprint density at radius 2 is 2.33 bits per heavy atom. The van der Waals surface area contributed by atoms with Crippen molar-refractivity contribution in [2.75, 3.05) is 0 Å². The number of hydrogen-bond acceptors (Lipinski definition) is 3. The maximum Gasteiger partial charge on any atom is 0.0994 e. The lowest BCUT2D eigenvalue weighted by molar-refractivity contribution is 0.402. The van der Waals surface area contributed by atoms with E-state index in [0.29, 0.717) is 0 Å². The van der Waals surface area contributed by atoms with Gasteiger partial charge in [0.2, 0.25) is 0 Å². The predicted octanol–water partition coefficient (Wildman–Crippen LogP) is 2.95. The Balaban J connectivity index is 2.35. The van der Waals surface area contributed by atoms with Crippen LogP contribution in [0.3, 0.4) is 0 Å². The molecule has 0 aliphatic carbocycles. The fourth-order valence-electron chi connectivity index (χ4n) is 2.51. The van der Waals surface area contributed by atoms with Gasteiger partial charge in [0.15, 0.2) is 0 Å². The first-order valence-corrected chi connectivity index (χ1v) is 6.03. The molecule has 1 aromatic carbocycles. The van der Waals surface area contributed by atoms with Crippen LogP contribution in [0.25, 0.3) is 0 Å². The first-order valence-electron chi connectivity index (χ1n) is 6.03. The molecular formula is C15H17N3. The van der Waals surface area contributed by atoms with Crippen LogP contribution in [0.4, 0.5) is 0 Å². The van der Waals surface area contributed by atoms with Crippen LogP contribution in [0.1, 0.15) is 35.6 Å². The number of nitrogens with two attached hydrogens (primary N) is 1. The van der Waals surface area contributed by atoms with Gasteiger partial charge in [0, 0.05) is 11.9 Å². The topological polar surface area (TPSA) is 53.0 Å². The minimum absolute atomic E-state index is 0.281. The van der Waals surface area contributed by atoms with Gasteiger partial charge in [-0.1, -0.05) is 18.7 Å². The Morgan fingerprint density at radius 1 is 1.56 bits per heavy atom. The third-order valence-corrected chi connectivity index (χ3v) is 3.49. The van der Waals surface area contributed by atoms with Crippen molar-refractivity contribution >= 4 is 0 Å². The molecule has 1 unspecified atom stereocenters. The number of nitriles is 1. The molecule has 0 amide bonds. The van der Waals surface area contributed by atoms with Crippen LogP contribution in [0.5, 0.6) is 0 Å². The summed E-state index contributed by atoms with van der Waals surface area (Å²) in [5, 5.41) is 8.95. The molecule has 1 atom stereocenters. The van der Waals surface area contributed by atoms with Crippen LogP contribution >= 0.6 is 0 Å². The lowest BCUT2D eigenvalue weighted by Gasteiger charge is -2.24. The summed E-state index contributed by atoms with van der Waals surface area (Å²) in [6.07, 6.45) is 5.47. The maximum atomic E-state index is 8.95. The van der Waals surface area contributed by atoms with Crippen molar-refractivity contribution < 1.29 is 0 Å². The summed E-state index contributed by atoms with van der Waals surface area (Å²) in [7, 11) is 0. The van der Waals surface area contributed by atoms with Crippen LogP contribution in [0.15, 0.2) is 42.9 Å². The summed E-state index contributed by atoms with van der Waals surface area (Å²) in [5.41, 5.74) is 9.69. The van der Waals surface area contributed by atoms with E-state index in [2.05, 4.69) is 23.6 Å². The Kier molecular flexibility index (Phi) is 3.38. The van der Waals surface area contributed by atoms with Gasteiger partial charge < -0.3 is 10.6 Å². The minimum atomic E-state index is 0.281. The molecule has 3 heteroatoms. The average Bonchev–Trinajstić information content (AvgIpc) is 2.81. The van der Waals surface area contributed by atoms with Crippen LogP contribution in [-0.4, -0.2) is 4.90 Å². The second kappa shape index (κ2) is 4.97. The van der Waals surface area contributed by atoms with E-state index in [1.807, 2.05) is 25.3 Å². The summed E-state index contributed by atoms with van der Waals surface area (Å²) >= 11 is 0. The lowest BCUT2D eigenvalue weighted by Crippen LogP contribution is -2.16. The highest BCUT2D eigenvalue weighted by molar-refractivity contribution is 5.41. The fourth-order valence-corrected chi connectivity index (χ4v) is 2.51. The lowest BCUT2D eigenvalue weighted by atomic mass is 9.99. The van der Waals surface area contributed by atoms with Gasteiger partial charge >= 0.3 is 0 Å². The Morgan fingerprint density at radius 3 is 2.89 bits per heavy atom. The van der Waals surface area contributed by atoms with E-state index < -0.39 is 0 Å². The van der Waals surface area contributed by atoms with Gasteiger partial charge in [-0.2, -0.15) is 5.26 Å². The molecule has 3 nitrogen and oxygen atoms in total. The van der Waals surface area contributed by atoms with Crippen molar-refractivity contribution in [2.24, 2.45) is 5.73 Å². The molecular weight excluding hydrogens is 222 g/mol. The van der Waals surface area contributed by atoms with Crippen molar-refractivity contribution in [1.82, 2.24) is 4.90 Å². The van der Waals surface area contributed by atoms with Crippen molar-refractivity contribution in [1.29, 1.82) is 5.26 Å². The summed E-state index contributed by atoms with van der Waals surface area (Å²) in [6, 6.07) is 8.46. The zero-order valence-electron chi connectivity index (χ0n) is 10.6. The van der Waals surface area contributed by atoms with E-state index in [9.17, 15) is 0 Å². The van der Waals surface area contributed by atoms with Gasteiger partial charge in [0.25, 0.3) is 0 Å². The van der Waals surface area contributed by atoms with E-state index in [0.717, 1.165) is 29.7 Å². The molecule has 1 aliphatic heterocycles. The molecule has 0 saturated carbocycles. The molecule has 0 aromatic heterocycles. The van der Waals surface area contributed by atoms with Crippen molar-refractivity contribution in [3.05, 3.63) is 59.6 Å². The van der Waals surface area contributed by atoms with Crippen molar-refractivity contribution in [3.8, 4) is 6.07 Å². The number of benzene rings is 1. The molecule has 0 radical (unpaired) electrons. The number of aryl methyl sites for hydroxylation is 1. The molecule has 92 valence electrons. The number of nitrogens with zero attached hydrogens (tertiary/aromatic N) is 2. The molecule has 0 spiro atoms. The van der Waals surface area contributed by atoms with E-state index in [-0.39, 0.29) is 6.04 Å². The SMILES string of the molecule is C=CN1/C(=C\N)CCC1c1ccc(C#N)c(C)c1. The summed E-state index contributed by atoms with van der Waals surface area (Å²) < 4.78 is 0. The van der Waals surface area contributed by atoms with Crippen LogP contribution in [0.2, 0.25) is 0 Å². The van der Waals surface area contributed by atoms with Gasteiger partial charge in [0.1, 0.15) is 0 Å². The molecule has 1 fully saturated rings. The van der Waals surface area contributed by atoms with Gasteiger partial charge in [-0.25, -0.2) is 0 Å². The van der Waals surface area contributed by atoms with Crippen molar-refractivity contribution in [3.63, 3.8) is 0 Å². The number of allylic oxidation sites excluding steroid dienone is 1. The minimum Gasteiger partial charge on any atom is -0.403 e. The van der Waals surface area contributed by atoms with E-state index in [1.54, 1.807) is 6.20 Å². The highest BCUT2D eigenvalue weighted by Gasteiger charge is 2.27. The van der Waals surface area contributed by atoms with Gasteiger partial charge in [-0.3, -0.25) is 0 Å². The fraction of sp³-hybridized carbons (Fsp3) is 0.267. The van der Waals surface area contributed by atoms with Gasteiger partial charge in [-0.15, -0.1) is 0 Å².